The maximum atomic E-state index is 3.55. The topological polar surface area (TPSA) is 31.6 Å². The number of benzene rings is 3. The quantitative estimate of drug-likeness (QED) is 0.251. The first-order valence-electron chi connectivity index (χ1n) is 7.13. The molecule has 5 rings (SSSR count). The Morgan fingerprint density at radius 3 is 1.45 bits per heavy atom. The first kappa shape index (κ1) is 12.3. The molecule has 0 unspecified atom stereocenters. The Morgan fingerprint density at radius 1 is 0.500 bits per heavy atom. The fourth-order valence-corrected chi connectivity index (χ4v) is 5.09. The van der Waals surface area contributed by atoms with E-state index in [4.69, 9.17) is 0 Å². The minimum atomic E-state index is 1.19. The van der Waals surface area contributed by atoms with Crippen molar-refractivity contribution in [3.63, 3.8) is 0 Å². The zero-order valence-corrected chi connectivity index (χ0v) is 13.2. The molecule has 0 amide bonds. The molecule has 0 aliphatic heterocycles. The molecule has 0 fully saturated rings. The Hall–Kier alpha value is -2.30. The molecule has 4 heteroatoms. The lowest BCUT2D eigenvalue weighted by molar-refractivity contribution is 1.50. The first-order valence-corrected chi connectivity index (χ1v) is 8.76. The normalized spacial score (nSPS) is 11.6. The van der Waals surface area contributed by atoms with E-state index in [0.29, 0.717) is 0 Å². The average molecular weight is 320 g/mol. The van der Waals surface area contributed by atoms with Crippen LogP contribution in [-0.2, 0) is 0 Å². The Bertz CT molecular complexity index is 1090. The zero-order chi connectivity index (χ0) is 14.5. The minimum absolute atomic E-state index is 1.19. The van der Waals surface area contributed by atoms with Crippen LogP contribution in [0, 0.1) is 0 Å². The molecule has 0 aliphatic carbocycles. The van der Waals surface area contributed by atoms with Crippen molar-refractivity contribution >= 4 is 63.5 Å². The summed E-state index contributed by atoms with van der Waals surface area (Å²) >= 11 is 3.70. The van der Waals surface area contributed by atoms with E-state index < -0.39 is 0 Å². The maximum absolute atomic E-state index is 3.55. The molecule has 2 nitrogen and oxygen atoms in total. The number of hydrogen-bond acceptors (Lipinski definition) is 2. The van der Waals surface area contributed by atoms with E-state index in [-0.39, 0.29) is 0 Å². The summed E-state index contributed by atoms with van der Waals surface area (Å²) in [5.74, 6) is 0. The Balaban J connectivity index is 2.00. The lowest BCUT2D eigenvalue weighted by Crippen LogP contribution is -1.83. The van der Waals surface area contributed by atoms with Gasteiger partial charge in [0.25, 0.3) is 0 Å². The van der Waals surface area contributed by atoms with Gasteiger partial charge in [-0.05, 0) is 36.4 Å². The SMILES string of the molecule is c1ccc2sc3c(ccc4[nH]c5ccccc5sc43)[nH]c2c1. The van der Waals surface area contributed by atoms with Gasteiger partial charge in [-0.3, -0.25) is 0 Å². The van der Waals surface area contributed by atoms with Crippen LogP contribution < -0.4 is 0 Å². The van der Waals surface area contributed by atoms with Crippen molar-refractivity contribution in [3.8, 4) is 0 Å². The van der Waals surface area contributed by atoms with Gasteiger partial charge >= 0.3 is 0 Å². The molecule has 0 radical (unpaired) electrons. The molecule has 0 saturated heterocycles. The summed E-state index contributed by atoms with van der Waals surface area (Å²) in [5, 5.41) is 0. The summed E-state index contributed by atoms with van der Waals surface area (Å²) in [7, 11) is 0. The lowest BCUT2D eigenvalue weighted by Gasteiger charge is -2.07. The molecule has 2 heterocycles. The summed E-state index contributed by atoms with van der Waals surface area (Å²) in [5.41, 5.74) is 4.76. The van der Waals surface area contributed by atoms with Crippen LogP contribution in [0.15, 0.2) is 60.7 Å². The number of nitrogens with one attached hydrogen (secondary N) is 2. The summed E-state index contributed by atoms with van der Waals surface area (Å²) in [6, 6.07) is 21.3. The van der Waals surface area contributed by atoms with Crippen LogP contribution in [0.5, 0.6) is 0 Å². The molecular formula is C18H12N2S2. The van der Waals surface area contributed by atoms with Crippen molar-refractivity contribution in [3.05, 3.63) is 60.7 Å². The molecule has 22 heavy (non-hydrogen) atoms. The van der Waals surface area contributed by atoms with Crippen molar-refractivity contribution in [2.24, 2.45) is 0 Å². The number of hydrogen-bond donors (Lipinski definition) is 2. The van der Waals surface area contributed by atoms with Crippen molar-refractivity contribution in [2.75, 3.05) is 0 Å². The van der Waals surface area contributed by atoms with Gasteiger partial charge in [0.05, 0.1) is 40.9 Å². The van der Waals surface area contributed by atoms with Gasteiger partial charge in [-0.15, -0.1) is 22.7 Å². The number of aromatic nitrogens is 2. The second kappa shape index (κ2) is 4.60. The summed E-state index contributed by atoms with van der Waals surface area (Å²) in [6.45, 7) is 0. The molecule has 0 atom stereocenters. The summed E-state index contributed by atoms with van der Waals surface area (Å²) in [4.78, 5) is 7.11. The predicted molar refractivity (Wildman–Crippen MR) is 98.5 cm³/mol. The average Bonchev–Trinajstić information content (AvgIpc) is 2.58. The second-order valence-electron chi connectivity index (χ2n) is 5.27. The van der Waals surface area contributed by atoms with Gasteiger partial charge in [-0.25, -0.2) is 0 Å². The smallest absolute Gasteiger partial charge is 0.0705 e. The Kier molecular flexibility index (Phi) is 2.56. The molecule has 0 saturated carbocycles. The third-order valence-electron chi connectivity index (χ3n) is 3.85. The van der Waals surface area contributed by atoms with Crippen molar-refractivity contribution in [2.45, 2.75) is 0 Å². The molecule has 0 bridgehead atoms. The van der Waals surface area contributed by atoms with Crippen LogP contribution in [0.25, 0.3) is 40.9 Å². The third-order valence-corrected chi connectivity index (χ3v) is 6.39. The number of aromatic amines is 2. The van der Waals surface area contributed by atoms with Crippen LogP contribution in [-0.4, -0.2) is 9.97 Å². The van der Waals surface area contributed by atoms with Crippen LogP contribution in [0.1, 0.15) is 0 Å². The van der Waals surface area contributed by atoms with Gasteiger partial charge in [0, 0.05) is 0 Å². The Morgan fingerprint density at radius 2 is 0.955 bits per heavy atom. The largest absolute Gasteiger partial charge is 0.353 e. The highest BCUT2D eigenvalue weighted by atomic mass is 32.1. The van der Waals surface area contributed by atoms with Crippen molar-refractivity contribution in [1.29, 1.82) is 0 Å². The van der Waals surface area contributed by atoms with Gasteiger partial charge in [0.1, 0.15) is 0 Å². The summed E-state index contributed by atoms with van der Waals surface area (Å²) < 4.78 is 5.18. The van der Waals surface area contributed by atoms with E-state index in [1.807, 2.05) is 22.7 Å². The number of para-hydroxylation sites is 2. The molecular weight excluding hydrogens is 308 g/mol. The maximum Gasteiger partial charge on any atom is 0.0705 e. The van der Waals surface area contributed by atoms with E-state index in [1.165, 1.54) is 40.9 Å². The van der Waals surface area contributed by atoms with E-state index in [0.717, 1.165) is 0 Å². The lowest BCUT2D eigenvalue weighted by atomic mass is 10.3. The molecule has 0 spiro atoms. The first-order chi connectivity index (χ1) is 10.9. The minimum Gasteiger partial charge on any atom is -0.353 e. The van der Waals surface area contributed by atoms with Crippen molar-refractivity contribution < 1.29 is 0 Å². The predicted octanol–water partition coefficient (Wildman–Crippen LogP) is 6.20. The Labute approximate surface area is 134 Å². The molecule has 106 valence electrons. The number of fused-ring (bicyclic) bond motifs is 5. The van der Waals surface area contributed by atoms with Gasteiger partial charge < -0.3 is 9.97 Å². The molecule has 0 aliphatic rings. The third kappa shape index (κ3) is 1.78. The fourth-order valence-electron chi connectivity index (χ4n) is 2.79. The highest BCUT2D eigenvalue weighted by molar-refractivity contribution is 7.31. The number of rotatable bonds is 0. The van der Waals surface area contributed by atoms with Gasteiger partial charge in [0.15, 0.2) is 0 Å². The monoisotopic (exact) mass is 320 g/mol. The standard InChI is InChI=1S/C18H12N2S2/c1-3-7-15-11(5-1)19-13-9-10-14-18(17(13)21-15)22-16-8-4-2-6-12(16)20-14/h1-10,19-20H. The van der Waals surface area contributed by atoms with Crippen LogP contribution in [0.3, 0.4) is 0 Å². The fraction of sp³-hybridized carbons (Fsp3) is 0. The number of H-pyrrole nitrogens is 2. The van der Waals surface area contributed by atoms with Gasteiger partial charge in [-0.2, -0.15) is 0 Å². The van der Waals surface area contributed by atoms with Gasteiger partial charge in [0.2, 0.25) is 0 Å². The summed E-state index contributed by atoms with van der Waals surface area (Å²) in [6.07, 6.45) is 0. The van der Waals surface area contributed by atoms with Crippen LogP contribution >= 0.6 is 22.7 Å². The van der Waals surface area contributed by atoms with E-state index in [9.17, 15) is 0 Å². The zero-order valence-electron chi connectivity index (χ0n) is 11.6. The van der Waals surface area contributed by atoms with Crippen LogP contribution in [0.4, 0.5) is 0 Å². The molecule has 2 N–H and O–H groups in total. The van der Waals surface area contributed by atoms with E-state index in [1.54, 1.807) is 0 Å². The molecule has 2 aromatic heterocycles. The molecule has 5 aromatic rings. The second-order valence-corrected chi connectivity index (χ2v) is 7.37. The van der Waals surface area contributed by atoms with Gasteiger partial charge in [-0.1, -0.05) is 24.3 Å². The highest BCUT2D eigenvalue weighted by Gasteiger charge is 2.06. The highest BCUT2D eigenvalue weighted by Crippen LogP contribution is 2.35. The van der Waals surface area contributed by atoms with Crippen LogP contribution in [0.2, 0.25) is 0 Å². The van der Waals surface area contributed by atoms with E-state index >= 15 is 0 Å². The van der Waals surface area contributed by atoms with E-state index in [2.05, 4.69) is 70.6 Å². The van der Waals surface area contributed by atoms with Crippen molar-refractivity contribution in [1.82, 2.24) is 9.97 Å². The molecule has 3 aromatic carbocycles.